The Morgan fingerprint density at radius 1 is 0.875 bits per heavy atom. The van der Waals surface area contributed by atoms with Gasteiger partial charge in [0.15, 0.2) is 5.78 Å². The van der Waals surface area contributed by atoms with Crippen LogP contribution in [0.2, 0.25) is 0 Å². The fourth-order valence-corrected chi connectivity index (χ4v) is 2.86. The van der Waals surface area contributed by atoms with Gasteiger partial charge >= 0.3 is 12.1 Å². The molecule has 0 aliphatic carbocycles. The van der Waals surface area contributed by atoms with E-state index in [-0.39, 0.29) is 17.8 Å². The van der Waals surface area contributed by atoms with E-state index in [2.05, 4.69) is 5.32 Å². The summed E-state index contributed by atoms with van der Waals surface area (Å²) < 4.78 is 5.28. The number of hydrogen-bond donors (Lipinski definition) is 2. The number of benzene rings is 2. The van der Waals surface area contributed by atoms with E-state index in [1.54, 1.807) is 65.0 Å². The molecule has 0 saturated carbocycles. The molecule has 2 N–H and O–H groups in total. The number of hydrogen-bond acceptors (Lipinski definition) is 4. The Bertz CT molecular complexity index is 926. The highest BCUT2D eigenvalue weighted by atomic mass is 16.6. The molecule has 6 nitrogen and oxygen atoms in total. The first-order valence-electron chi connectivity index (χ1n) is 10.9. The van der Waals surface area contributed by atoms with Gasteiger partial charge in [-0.15, -0.1) is 0 Å². The lowest BCUT2D eigenvalue weighted by atomic mass is 9.93. The van der Waals surface area contributed by atoms with Gasteiger partial charge in [0.2, 0.25) is 0 Å². The lowest BCUT2D eigenvalue weighted by Gasteiger charge is -2.21. The number of carboxylic acid groups (broad SMARTS) is 1. The molecular formula is C26H37NO5. The minimum atomic E-state index is -1.08. The van der Waals surface area contributed by atoms with Gasteiger partial charge in [0, 0.05) is 12.0 Å². The number of anilines is 1. The summed E-state index contributed by atoms with van der Waals surface area (Å²) in [6, 6.07) is 10.0. The van der Waals surface area contributed by atoms with Crippen molar-refractivity contribution in [2.75, 3.05) is 5.32 Å². The van der Waals surface area contributed by atoms with Crippen LogP contribution in [0.25, 0.3) is 0 Å². The van der Waals surface area contributed by atoms with E-state index in [4.69, 9.17) is 4.74 Å². The van der Waals surface area contributed by atoms with E-state index in [1.165, 1.54) is 6.07 Å². The molecule has 0 heterocycles. The Morgan fingerprint density at radius 3 is 1.88 bits per heavy atom. The monoisotopic (exact) mass is 443 g/mol. The molecule has 0 aliphatic heterocycles. The molecule has 0 aliphatic rings. The molecule has 0 unspecified atom stereocenters. The molecule has 2 aromatic carbocycles. The fraction of sp³-hybridized carbons (Fsp3) is 0.423. The number of aryl methyl sites for hydroxylation is 2. The number of carbonyl (C=O) groups excluding carboxylic acids is 2. The van der Waals surface area contributed by atoms with Gasteiger partial charge in [0.1, 0.15) is 5.60 Å². The second-order valence-corrected chi connectivity index (χ2v) is 7.63. The molecule has 176 valence electrons. The van der Waals surface area contributed by atoms with Crippen LogP contribution in [-0.2, 0) is 11.2 Å². The van der Waals surface area contributed by atoms with Gasteiger partial charge in [-0.25, -0.2) is 9.59 Å². The summed E-state index contributed by atoms with van der Waals surface area (Å²) >= 11 is 0. The van der Waals surface area contributed by atoms with E-state index in [9.17, 15) is 19.5 Å². The molecule has 0 saturated heterocycles. The molecule has 0 bridgehead atoms. The first-order valence-corrected chi connectivity index (χ1v) is 10.9. The molecule has 1 amide bonds. The first-order chi connectivity index (χ1) is 15.0. The quantitative estimate of drug-likeness (QED) is 0.494. The van der Waals surface area contributed by atoms with Crippen molar-refractivity contribution in [1.82, 2.24) is 0 Å². The Balaban J connectivity index is 0.00000227. The predicted octanol–water partition coefficient (Wildman–Crippen LogP) is 6.83. The Labute approximate surface area is 192 Å². The third-order valence-corrected chi connectivity index (χ3v) is 4.18. The average molecular weight is 444 g/mol. The number of rotatable bonds is 5. The Morgan fingerprint density at radius 2 is 1.38 bits per heavy atom. The molecule has 0 aromatic heterocycles. The van der Waals surface area contributed by atoms with Gasteiger partial charge in [-0.05, 0) is 63.4 Å². The third-order valence-electron chi connectivity index (χ3n) is 4.18. The van der Waals surface area contributed by atoms with E-state index < -0.39 is 17.7 Å². The third kappa shape index (κ3) is 8.53. The molecule has 0 atom stereocenters. The summed E-state index contributed by atoms with van der Waals surface area (Å²) in [4.78, 5) is 36.7. The van der Waals surface area contributed by atoms with Crippen molar-refractivity contribution >= 4 is 23.5 Å². The molecule has 0 fully saturated rings. The number of carboxylic acids is 1. The van der Waals surface area contributed by atoms with Crippen molar-refractivity contribution < 1.29 is 24.2 Å². The van der Waals surface area contributed by atoms with Crippen molar-refractivity contribution in [1.29, 1.82) is 0 Å². The highest BCUT2D eigenvalue weighted by molar-refractivity contribution is 6.06. The number of aromatic carboxylic acids is 1. The van der Waals surface area contributed by atoms with Crippen molar-refractivity contribution in [3.05, 3.63) is 64.2 Å². The average Bonchev–Trinajstić information content (AvgIpc) is 2.72. The van der Waals surface area contributed by atoms with Gasteiger partial charge in [0.05, 0.1) is 11.3 Å². The smallest absolute Gasteiger partial charge is 0.412 e. The Kier molecular flexibility index (Phi) is 12.0. The van der Waals surface area contributed by atoms with Gasteiger partial charge < -0.3 is 9.84 Å². The summed E-state index contributed by atoms with van der Waals surface area (Å²) in [5, 5.41) is 12.1. The van der Waals surface area contributed by atoms with Crippen molar-refractivity contribution in [2.24, 2.45) is 0 Å². The summed E-state index contributed by atoms with van der Waals surface area (Å²) in [6.07, 6.45) is -0.737. The molecule has 2 rings (SSSR count). The maximum Gasteiger partial charge on any atom is 0.412 e. The van der Waals surface area contributed by atoms with Gasteiger partial charge in [-0.2, -0.15) is 0 Å². The van der Waals surface area contributed by atoms with Crippen LogP contribution in [0.1, 0.15) is 85.9 Å². The highest BCUT2D eigenvalue weighted by Gasteiger charge is 2.22. The topological polar surface area (TPSA) is 92.7 Å². The van der Waals surface area contributed by atoms with E-state index >= 15 is 0 Å². The zero-order valence-electron chi connectivity index (χ0n) is 20.8. The minimum absolute atomic E-state index is 0.0826. The number of ether oxygens (including phenoxy) is 1. The van der Waals surface area contributed by atoms with Crippen LogP contribution in [0.3, 0.4) is 0 Å². The zero-order chi connectivity index (χ0) is 25.1. The number of nitrogens with one attached hydrogen (secondary N) is 1. The summed E-state index contributed by atoms with van der Waals surface area (Å²) in [6.45, 7) is 16.8. The van der Waals surface area contributed by atoms with E-state index in [0.29, 0.717) is 22.4 Å². The highest BCUT2D eigenvalue weighted by Crippen LogP contribution is 2.25. The first kappa shape index (κ1) is 28.9. The molecule has 0 spiro atoms. The second-order valence-electron chi connectivity index (χ2n) is 7.63. The predicted molar refractivity (Wildman–Crippen MR) is 130 cm³/mol. The maximum absolute atomic E-state index is 13.0. The van der Waals surface area contributed by atoms with Crippen LogP contribution in [0.5, 0.6) is 0 Å². The molecule has 2 aromatic rings. The second kappa shape index (κ2) is 13.3. The van der Waals surface area contributed by atoms with Crippen LogP contribution in [-0.4, -0.2) is 28.6 Å². The van der Waals surface area contributed by atoms with Gasteiger partial charge in [-0.3, -0.25) is 10.1 Å². The maximum atomic E-state index is 13.0. The van der Waals surface area contributed by atoms with E-state index in [1.807, 2.05) is 27.7 Å². The molecule has 6 heteroatoms. The number of amides is 1. The SMILES string of the molecule is CC.CC.Cc1cccc(C(=O)O)c1CC(=O)c1cccc(C)c1NC(=O)OC(C)(C)C. The zero-order valence-corrected chi connectivity index (χ0v) is 20.8. The number of carbonyl (C=O) groups is 3. The summed E-state index contributed by atoms with van der Waals surface area (Å²) in [5.74, 6) is -1.37. The van der Waals surface area contributed by atoms with Crippen molar-refractivity contribution in [3.8, 4) is 0 Å². The number of ketones is 1. The lowest BCUT2D eigenvalue weighted by molar-refractivity contribution is 0.0634. The van der Waals surface area contributed by atoms with Crippen LogP contribution in [0.15, 0.2) is 36.4 Å². The van der Waals surface area contributed by atoms with Gasteiger partial charge in [0.25, 0.3) is 0 Å². The van der Waals surface area contributed by atoms with Gasteiger partial charge in [-0.1, -0.05) is 52.0 Å². The number of para-hydroxylation sites is 1. The summed E-state index contributed by atoms with van der Waals surface area (Å²) in [5.41, 5.74) is 2.00. The minimum Gasteiger partial charge on any atom is -0.478 e. The van der Waals surface area contributed by atoms with Crippen molar-refractivity contribution in [3.63, 3.8) is 0 Å². The van der Waals surface area contributed by atoms with Crippen LogP contribution >= 0.6 is 0 Å². The normalized spacial score (nSPS) is 10.0. The van der Waals surface area contributed by atoms with E-state index in [0.717, 1.165) is 5.56 Å². The molecule has 0 radical (unpaired) electrons. The standard InChI is InChI=1S/C22H25NO5.2C2H6/c1-13-8-6-10-15(20(25)26)17(13)12-18(24)16-11-7-9-14(2)19(16)23-21(27)28-22(3,4)5;2*1-2/h6-11H,12H2,1-5H3,(H,23,27)(H,25,26);2*1-2H3. The van der Waals surface area contributed by atoms with Crippen LogP contribution < -0.4 is 5.32 Å². The van der Waals surface area contributed by atoms with Crippen molar-refractivity contribution in [2.45, 2.75) is 74.3 Å². The lowest BCUT2D eigenvalue weighted by Crippen LogP contribution is -2.28. The summed E-state index contributed by atoms with van der Waals surface area (Å²) in [7, 11) is 0. The van der Waals surface area contributed by atoms with Crippen LogP contribution in [0.4, 0.5) is 10.5 Å². The van der Waals surface area contributed by atoms with Crippen LogP contribution in [0, 0.1) is 13.8 Å². The Hall–Kier alpha value is -3.15. The fourth-order valence-electron chi connectivity index (χ4n) is 2.86. The molecule has 32 heavy (non-hydrogen) atoms. The largest absolute Gasteiger partial charge is 0.478 e. The number of Topliss-reactive ketones (excluding diaryl/α,β-unsaturated/α-hetero) is 1. The molecular weight excluding hydrogens is 406 g/mol.